The third-order valence-electron chi connectivity index (χ3n) is 3.96. The molecule has 1 fully saturated rings. The Morgan fingerprint density at radius 2 is 2.20 bits per heavy atom. The second-order valence-corrected chi connectivity index (χ2v) is 5.82. The Morgan fingerprint density at radius 3 is 2.95 bits per heavy atom. The van der Waals surface area contributed by atoms with Crippen LogP contribution in [0.15, 0.2) is 35.9 Å². The molecule has 3 nitrogen and oxygen atoms in total. The largest absolute Gasteiger partial charge is 0.331 e. The van der Waals surface area contributed by atoms with E-state index in [0.29, 0.717) is 0 Å². The average molecular weight is 269 g/mol. The van der Waals surface area contributed by atoms with E-state index in [1.54, 1.807) is 0 Å². The van der Waals surface area contributed by atoms with E-state index >= 15 is 0 Å². The minimum Gasteiger partial charge on any atom is -0.331 e. The molecule has 0 bridgehead atoms. The standard InChI is InChI=1S/C17H23N3/c1-13(6-5-11-18-14-9-10-14)12-17-19-15-7-3-4-8-16(15)20(17)2/h3-4,6-8,14,18H,5,9-12H2,1-2H3. The molecule has 1 aromatic heterocycles. The van der Waals surface area contributed by atoms with Gasteiger partial charge in [-0.3, -0.25) is 0 Å². The molecule has 1 heterocycles. The first-order valence-electron chi connectivity index (χ1n) is 7.53. The maximum atomic E-state index is 4.73. The molecular weight excluding hydrogens is 246 g/mol. The molecule has 1 aromatic carbocycles. The maximum absolute atomic E-state index is 4.73. The molecule has 0 saturated heterocycles. The highest BCUT2D eigenvalue weighted by Crippen LogP contribution is 2.19. The highest BCUT2D eigenvalue weighted by molar-refractivity contribution is 5.75. The zero-order valence-corrected chi connectivity index (χ0v) is 12.4. The van der Waals surface area contributed by atoms with Crippen LogP contribution in [0.1, 0.15) is 32.0 Å². The summed E-state index contributed by atoms with van der Waals surface area (Å²) < 4.78 is 2.20. The topological polar surface area (TPSA) is 29.9 Å². The van der Waals surface area contributed by atoms with Gasteiger partial charge in [-0.05, 0) is 44.9 Å². The van der Waals surface area contributed by atoms with Crippen molar-refractivity contribution >= 4 is 11.0 Å². The van der Waals surface area contributed by atoms with Crippen LogP contribution in [0, 0.1) is 0 Å². The smallest absolute Gasteiger partial charge is 0.113 e. The van der Waals surface area contributed by atoms with E-state index in [1.807, 2.05) is 6.07 Å². The molecular formula is C17H23N3. The van der Waals surface area contributed by atoms with Gasteiger partial charge in [-0.15, -0.1) is 0 Å². The lowest BCUT2D eigenvalue weighted by atomic mass is 10.1. The van der Waals surface area contributed by atoms with E-state index in [1.165, 1.54) is 23.9 Å². The van der Waals surface area contributed by atoms with E-state index in [2.05, 4.69) is 48.1 Å². The number of hydrogen-bond donors (Lipinski definition) is 1. The molecule has 0 atom stereocenters. The minimum absolute atomic E-state index is 0.809. The van der Waals surface area contributed by atoms with Crippen molar-refractivity contribution in [1.29, 1.82) is 0 Å². The summed E-state index contributed by atoms with van der Waals surface area (Å²) >= 11 is 0. The Kier molecular flexibility index (Phi) is 3.88. The molecule has 20 heavy (non-hydrogen) atoms. The molecule has 106 valence electrons. The summed E-state index contributed by atoms with van der Waals surface area (Å²) in [5, 5.41) is 3.54. The number of hydrogen-bond acceptors (Lipinski definition) is 2. The fourth-order valence-electron chi connectivity index (χ4n) is 2.57. The van der Waals surface area contributed by atoms with Crippen LogP contribution in [-0.4, -0.2) is 22.1 Å². The number of rotatable bonds is 6. The Bertz CT molecular complexity index is 620. The van der Waals surface area contributed by atoms with Crippen LogP contribution in [-0.2, 0) is 13.5 Å². The third kappa shape index (κ3) is 3.10. The third-order valence-corrected chi connectivity index (χ3v) is 3.96. The van der Waals surface area contributed by atoms with Crippen molar-refractivity contribution in [3.8, 4) is 0 Å². The second kappa shape index (κ2) is 5.80. The highest BCUT2D eigenvalue weighted by Gasteiger charge is 2.19. The average Bonchev–Trinajstić information content (AvgIpc) is 3.22. The Hall–Kier alpha value is -1.61. The van der Waals surface area contributed by atoms with E-state index in [4.69, 9.17) is 4.98 Å². The lowest BCUT2D eigenvalue weighted by molar-refractivity contribution is 0.688. The van der Waals surface area contributed by atoms with Gasteiger partial charge in [0.05, 0.1) is 11.0 Å². The van der Waals surface area contributed by atoms with Crippen LogP contribution < -0.4 is 5.32 Å². The SMILES string of the molecule is CC(=CCCNC1CC1)Cc1nc2ccccc2n1C. The van der Waals surface area contributed by atoms with Gasteiger partial charge >= 0.3 is 0 Å². The number of benzene rings is 1. The molecule has 0 radical (unpaired) electrons. The van der Waals surface area contributed by atoms with Gasteiger partial charge in [0.2, 0.25) is 0 Å². The monoisotopic (exact) mass is 269 g/mol. The predicted molar refractivity (Wildman–Crippen MR) is 83.8 cm³/mol. The van der Waals surface area contributed by atoms with E-state index < -0.39 is 0 Å². The number of para-hydroxylation sites is 2. The number of nitrogens with zero attached hydrogens (tertiary/aromatic N) is 2. The van der Waals surface area contributed by atoms with E-state index in [0.717, 1.165) is 36.8 Å². The summed E-state index contributed by atoms with van der Waals surface area (Å²) in [5.74, 6) is 1.15. The van der Waals surface area contributed by atoms with Gasteiger partial charge in [-0.1, -0.05) is 23.8 Å². The Morgan fingerprint density at radius 1 is 1.40 bits per heavy atom. The van der Waals surface area contributed by atoms with E-state index in [-0.39, 0.29) is 0 Å². The van der Waals surface area contributed by atoms with Crippen LogP contribution in [0.4, 0.5) is 0 Å². The van der Waals surface area contributed by atoms with Crippen molar-refractivity contribution in [1.82, 2.24) is 14.9 Å². The molecule has 3 heteroatoms. The van der Waals surface area contributed by atoms with Crippen molar-refractivity contribution in [2.75, 3.05) is 6.54 Å². The fourth-order valence-corrected chi connectivity index (χ4v) is 2.57. The molecule has 0 unspecified atom stereocenters. The molecule has 1 saturated carbocycles. The lowest BCUT2D eigenvalue weighted by Crippen LogP contribution is -2.16. The van der Waals surface area contributed by atoms with Gasteiger partial charge in [0.15, 0.2) is 0 Å². The number of aryl methyl sites for hydroxylation is 1. The van der Waals surface area contributed by atoms with Gasteiger partial charge < -0.3 is 9.88 Å². The van der Waals surface area contributed by atoms with Crippen LogP contribution in [0.5, 0.6) is 0 Å². The fraction of sp³-hybridized carbons (Fsp3) is 0.471. The minimum atomic E-state index is 0.809. The summed E-state index contributed by atoms with van der Waals surface area (Å²) in [6.45, 7) is 3.31. The number of nitrogens with one attached hydrogen (secondary N) is 1. The first-order valence-corrected chi connectivity index (χ1v) is 7.53. The quantitative estimate of drug-likeness (QED) is 0.644. The molecule has 0 amide bonds. The number of allylic oxidation sites excluding steroid dienone is 1. The van der Waals surface area contributed by atoms with Gasteiger partial charge in [0.25, 0.3) is 0 Å². The molecule has 2 aromatic rings. The number of aromatic nitrogens is 2. The summed E-state index contributed by atoms with van der Waals surface area (Å²) in [7, 11) is 2.10. The first-order chi connectivity index (χ1) is 9.74. The summed E-state index contributed by atoms with van der Waals surface area (Å²) in [6.07, 6.45) is 7.13. The second-order valence-electron chi connectivity index (χ2n) is 5.82. The highest BCUT2D eigenvalue weighted by atomic mass is 15.1. The number of imidazole rings is 1. The molecule has 3 rings (SSSR count). The van der Waals surface area contributed by atoms with Crippen LogP contribution in [0.3, 0.4) is 0 Å². The lowest BCUT2D eigenvalue weighted by Gasteiger charge is -2.04. The number of fused-ring (bicyclic) bond motifs is 1. The van der Waals surface area contributed by atoms with Crippen molar-refractivity contribution in [2.24, 2.45) is 7.05 Å². The zero-order valence-electron chi connectivity index (χ0n) is 12.4. The maximum Gasteiger partial charge on any atom is 0.113 e. The van der Waals surface area contributed by atoms with Gasteiger partial charge in [-0.2, -0.15) is 0 Å². The summed E-state index contributed by atoms with van der Waals surface area (Å²) in [4.78, 5) is 4.73. The van der Waals surface area contributed by atoms with Crippen LogP contribution in [0.2, 0.25) is 0 Å². The Balaban J connectivity index is 1.62. The normalized spacial score (nSPS) is 16.0. The Labute approximate surface area is 120 Å². The molecule has 1 aliphatic rings. The van der Waals surface area contributed by atoms with Crippen LogP contribution >= 0.6 is 0 Å². The van der Waals surface area contributed by atoms with E-state index in [9.17, 15) is 0 Å². The van der Waals surface area contributed by atoms with Crippen molar-refractivity contribution in [3.63, 3.8) is 0 Å². The van der Waals surface area contributed by atoms with Crippen molar-refractivity contribution < 1.29 is 0 Å². The van der Waals surface area contributed by atoms with Gasteiger partial charge in [0, 0.05) is 19.5 Å². The van der Waals surface area contributed by atoms with Crippen LogP contribution in [0.25, 0.3) is 11.0 Å². The van der Waals surface area contributed by atoms with Crippen molar-refractivity contribution in [2.45, 2.75) is 38.6 Å². The summed E-state index contributed by atoms with van der Waals surface area (Å²) in [5.41, 5.74) is 3.71. The molecule has 0 spiro atoms. The summed E-state index contributed by atoms with van der Waals surface area (Å²) in [6, 6.07) is 9.14. The van der Waals surface area contributed by atoms with Crippen molar-refractivity contribution in [3.05, 3.63) is 41.7 Å². The predicted octanol–water partition coefficient (Wildman–Crippen LogP) is 3.20. The molecule has 1 N–H and O–H groups in total. The van der Waals surface area contributed by atoms with Gasteiger partial charge in [-0.25, -0.2) is 4.98 Å². The zero-order chi connectivity index (χ0) is 13.9. The molecule has 1 aliphatic carbocycles. The molecule has 0 aliphatic heterocycles. The first kappa shape index (κ1) is 13.4. The van der Waals surface area contributed by atoms with Gasteiger partial charge in [0.1, 0.15) is 5.82 Å².